The maximum absolute atomic E-state index is 13.0. The summed E-state index contributed by atoms with van der Waals surface area (Å²) in [7, 11) is 1.63. The first-order chi connectivity index (χ1) is 15.3. The molecule has 0 atom stereocenters. The van der Waals surface area contributed by atoms with Crippen molar-refractivity contribution in [3.05, 3.63) is 86.6 Å². The highest BCUT2D eigenvalue weighted by Crippen LogP contribution is 2.32. The summed E-state index contributed by atoms with van der Waals surface area (Å²) in [6, 6.07) is 14.4. The molecule has 5 nitrogen and oxygen atoms in total. The molecule has 4 rings (SSSR count). The first-order valence-electron chi connectivity index (χ1n) is 10.1. The van der Waals surface area contributed by atoms with Gasteiger partial charge in [-0.3, -0.25) is 9.59 Å². The molecule has 7 heteroatoms. The second-order valence-electron chi connectivity index (χ2n) is 8.26. The highest BCUT2D eigenvalue weighted by Gasteiger charge is 2.28. The average molecular weight is 467 g/mol. The number of ketones is 1. The molecule has 1 amide bonds. The molecule has 0 bridgehead atoms. The zero-order valence-electron chi connectivity index (χ0n) is 18.0. The molecular weight excluding hydrogens is 444 g/mol. The van der Waals surface area contributed by atoms with Crippen LogP contribution in [0.15, 0.2) is 60.0 Å². The molecule has 1 aromatic heterocycles. The number of fused-ring (bicyclic) bond motifs is 1. The molecule has 2 N–H and O–H groups in total. The van der Waals surface area contributed by atoms with E-state index in [2.05, 4.69) is 24.5 Å². The van der Waals surface area contributed by atoms with E-state index in [1.807, 2.05) is 18.2 Å². The van der Waals surface area contributed by atoms with Crippen LogP contribution in [0.2, 0.25) is 5.02 Å². The monoisotopic (exact) mass is 466 g/mol. The fourth-order valence-electron chi connectivity index (χ4n) is 3.73. The van der Waals surface area contributed by atoms with Crippen molar-refractivity contribution >= 4 is 46.0 Å². The average Bonchev–Trinajstić information content (AvgIpc) is 3.19. The van der Waals surface area contributed by atoms with Gasteiger partial charge in [0.2, 0.25) is 0 Å². The molecule has 32 heavy (non-hydrogen) atoms. The summed E-state index contributed by atoms with van der Waals surface area (Å²) < 4.78 is 5.37. The molecule has 164 valence electrons. The van der Waals surface area contributed by atoms with Crippen molar-refractivity contribution in [3.63, 3.8) is 0 Å². The number of carbonyl (C=O) groups is 2. The lowest BCUT2D eigenvalue weighted by molar-refractivity contribution is 0.102. The van der Waals surface area contributed by atoms with Crippen molar-refractivity contribution in [1.82, 2.24) is 5.32 Å². The minimum absolute atomic E-state index is 0.127. The van der Waals surface area contributed by atoms with Crippen molar-refractivity contribution in [3.8, 4) is 5.75 Å². The van der Waals surface area contributed by atoms with Crippen LogP contribution in [0.5, 0.6) is 5.75 Å². The topological polar surface area (TPSA) is 67.4 Å². The molecule has 0 saturated heterocycles. The van der Waals surface area contributed by atoms with Gasteiger partial charge in [-0.1, -0.05) is 17.7 Å². The highest BCUT2D eigenvalue weighted by atomic mass is 35.5. The van der Waals surface area contributed by atoms with Crippen molar-refractivity contribution < 1.29 is 14.3 Å². The molecule has 2 heterocycles. The standard InChI is InChI=1S/C25H23ClN2O3S/c1-25(2)14-16-6-9-18(31-3)12-19(16)21(28-25)13-22(29)15-4-7-17(8-5-15)27-24(30)23-20(26)10-11-32-23/h4-13,28H,14H2,1-3H3,(H,27,30). The SMILES string of the molecule is COc1ccc2c(c1)C(=CC(=O)c1ccc(NC(=O)c3sccc3Cl)cc1)NC(C)(C)C2. The van der Waals surface area contributed by atoms with Gasteiger partial charge >= 0.3 is 0 Å². The first-order valence-corrected chi connectivity index (χ1v) is 11.4. The molecule has 3 aromatic rings. The van der Waals surface area contributed by atoms with Gasteiger partial charge in [0, 0.05) is 34.1 Å². The Bertz CT molecular complexity index is 1210. The normalized spacial score (nSPS) is 15.6. The van der Waals surface area contributed by atoms with Gasteiger partial charge in [0.1, 0.15) is 10.6 Å². The molecule has 0 fully saturated rings. The van der Waals surface area contributed by atoms with E-state index in [1.165, 1.54) is 16.9 Å². The third-order valence-electron chi connectivity index (χ3n) is 5.24. The third kappa shape index (κ3) is 4.71. The lowest BCUT2D eigenvalue weighted by Gasteiger charge is -2.35. The van der Waals surface area contributed by atoms with E-state index in [0.29, 0.717) is 21.2 Å². The van der Waals surface area contributed by atoms with Crippen LogP contribution in [0, 0.1) is 0 Å². The molecule has 0 radical (unpaired) electrons. The largest absolute Gasteiger partial charge is 0.497 e. The maximum Gasteiger partial charge on any atom is 0.267 e. The zero-order valence-corrected chi connectivity index (χ0v) is 19.6. The Morgan fingerprint density at radius 1 is 1.16 bits per heavy atom. The molecule has 1 aliphatic rings. The molecular formula is C25H23ClN2O3S. The van der Waals surface area contributed by atoms with Gasteiger partial charge in [-0.25, -0.2) is 0 Å². The zero-order chi connectivity index (χ0) is 22.9. The number of halogens is 1. The summed E-state index contributed by atoms with van der Waals surface area (Å²) in [6.07, 6.45) is 2.47. The van der Waals surface area contributed by atoms with E-state index in [1.54, 1.807) is 48.9 Å². The van der Waals surface area contributed by atoms with Crippen molar-refractivity contribution in [2.24, 2.45) is 0 Å². The number of ether oxygens (including phenoxy) is 1. The first kappa shape index (κ1) is 22.1. The number of anilines is 1. The number of benzene rings is 2. The number of rotatable bonds is 5. The van der Waals surface area contributed by atoms with Gasteiger partial charge in [-0.2, -0.15) is 0 Å². The van der Waals surface area contributed by atoms with Crippen LogP contribution in [-0.2, 0) is 6.42 Å². The fraction of sp³-hybridized carbons (Fsp3) is 0.200. The van der Waals surface area contributed by atoms with E-state index < -0.39 is 0 Å². The summed E-state index contributed by atoms with van der Waals surface area (Å²) in [5.41, 5.74) is 3.85. The van der Waals surface area contributed by atoms with Crippen molar-refractivity contribution in [2.45, 2.75) is 25.8 Å². The summed E-state index contributed by atoms with van der Waals surface area (Å²) in [5, 5.41) is 8.47. The second-order valence-corrected chi connectivity index (χ2v) is 9.58. The predicted molar refractivity (Wildman–Crippen MR) is 130 cm³/mol. The fourth-order valence-corrected chi connectivity index (χ4v) is 4.77. The lowest BCUT2D eigenvalue weighted by atomic mass is 9.85. The number of nitrogens with one attached hydrogen (secondary N) is 2. The van der Waals surface area contributed by atoms with Gasteiger partial charge < -0.3 is 15.4 Å². The van der Waals surface area contributed by atoms with E-state index in [9.17, 15) is 9.59 Å². The van der Waals surface area contributed by atoms with E-state index >= 15 is 0 Å². The molecule has 0 saturated carbocycles. The number of carbonyl (C=O) groups excluding carboxylic acids is 2. The van der Waals surface area contributed by atoms with Gasteiger partial charge in [-0.05, 0) is 73.7 Å². The van der Waals surface area contributed by atoms with E-state index in [0.717, 1.165) is 23.4 Å². The van der Waals surface area contributed by atoms with Gasteiger partial charge in [0.05, 0.1) is 12.1 Å². The van der Waals surface area contributed by atoms with Gasteiger partial charge in [0.15, 0.2) is 5.78 Å². The maximum atomic E-state index is 13.0. The molecule has 0 unspecified atom stereocenters. The van der Waals surface area contributed by atoms with Crippen LogP contribution < -0.4 is 15.4 Å². The van der Waals surface area contributed by atoms with Crippen LogP contribution in [0.4, 0.5) is 5.69 Å². The van der Waals surface area contributed by atoms with Crippen LogP contribution in [0.3, 0.4) is 0 Å². The Labute approximate surface area is 196 Å². The third-order valence-corrected chi connectivity index (χ3v) is 6.58. The Morgan fingerprint density at radius 3 is 2.56 bits per heavy atom. The number of methoxy groups -OCH3 is 1. The predicted octanol–water partition coefficient (Wildman–Crippen LogP) is 5.81. The number of allylic oxidation sites excluding steroid dienone is 1. The Morgan fingerprint density at radius 2 is 1.91 bits per heavy atom. The van der Waals surface area contributed by atoms with E-state index in [-0.39, 0.29) is 17.2 Å². The van der Waals surface area contributed by atoms with Crippen LogP contribution in [0.25, 0.3) is 5.70 Å². The smallest absolute Gasteiger partial charge is 0.267 e. The van der Waals surface area contributed by atoms with E-state index in [4.69, 9.17) is 16.3 Å². The summed E-state index contributed by atoms with van der Waals surface area (Å²) >= 11 is 7.30. The van der Waals surface area contributed by atoms with Crippen LogP contribution >= 0.6 is 22.9 Å². The number of amides is 1. The Kier molecular flexibility index (Phi) is 6.09. The quantitative estimate of drug-likeness (QED) is 0.367. The Hall–Kier alpha value is -3.09. The lowest BCUT2D eigenvalue weighted by Crippen LogP contribution is -2.43. The minimum Gasteiger partial charge on any atom is -0.497 e. The second kappa shape index (κ2) is 8.81. The van der Waals surface area contributed by atoms with Crippen molar-refractivity contribution in [2.75, 3.05) is 12.4 Å². The highest BCUT2D eigenvalue weighted by molar-refractivity contribution is 7.12. The molecule has 1 aliphatic heterocycles. The van der Waals surface area contributed by atoms with Crippen molar-refractivity contribution in [1.29, 1.82) is 0 Å². The van der Waals surface area contributed by atoms with Gasteiger partial charge in [-0.15, -0.1) is 11.3 Å². The summed E-state index contributed by atoms with van der Waals surface area (Å²) in [5.74, 6) is 0.345. The minimum atomic E-state index is -0.273. The van der Waals surface area contributed by atoms with Crippen LogP contribution in [-0.4, -0.2) is 24.3 Å². The summed E-state index contributed by atoms with van der Waals surface area (Å²) in [4.78, 5) is 25.8. The van der Waals surface area contributed by atoms with Crippen LogP contribution in [0.1, 0.15) is 45.0 Å². The number of hydrogen-bond acceptors (Lipinski definition) is 5. The van der Waals surface area contributed by atoms with Gasteiger partial charge in [0.25, 0.3) is 5.91 Å². The molecule has 2 aromatic carbocycles. The number of hydrogen-bond donors (Lipinski definition) is 2. The molecule has 0 spiro atoms. The number of thiophene rings is 1. The summed E-state index contributed by atoms with van der Waals surface area (Å²) in [6.45, 7) is 4.21. The Balaban J connectivity index is 1.56. The molecule has 0 aliphatic carbocycles.